The van der Waals surface area contributed by atoms with E-state index >= 15 is 0 Å². The van der Waals surface area contributed by atoms with Gasteiger partial charge >= 0.3 is 0 Å². The number of aromatic hydroxyl groups is 1. The lowest BCUT2D eigenvalue weighted by Gasteiger charge is -2.10. The number of hydrogen-bond donors (Lipinski definition) is 1. The highest BCUT2D eigenvalue weighted by atomic mass is 16.3. The van der Waals surface area contributed by atoms with Crippen molar-refractivity contribution in [2.45, 2.75) is 0 Å². The van der Waals surface area contributed by atoms with Gasteiger partial charge in [0.1, 0.15) is 17.0 Å². The molecule has 0 unspecified atom stereocenters. The van der Waals surface area contributed by atoms with Gasteiger partial charge in [0.05, 0.1) is 11.7 Å². The molecule has 7 heteroatoms. The van der Waals surface area contributed by atoms with E-state index in [0.717, 1.165) is 0 Å². The molecule has 1 aromatic heterocycles. The van der Waals surface area contributed by atoms with Crippen LogP contribution in [-0.4, -0.2) is 27.6 Å². The van der Waals surface area contributed by atoms with Crippen molar-refractivity contribution in [3.8, 4) is 11.9 Å². The van der Waals surface area contributed by atoms with Crippen LogP contribution in [0.25, 0.3) is 10.9 Å². The minimum absolute atomic E-state index is 0.0397. The molecule has 1 aliphatic heterocycles. The number of para-hydroxylation sites is 1. The van der Waals surface area contributed by atoms with Gasteiger partial charge in [0.25, 0.3) is 11.5 Å². The molecule has 1 aliphatic rings. The predicted molar refractivity (Wildman–Crippen MR) is 78.9 cm³/mol. The van der Waals surface area contributed by atoms with Crippen LogP contribution in [0.15, 0.2) is 44.0 Å². The third-order valence-electron chi connectivity index (χ3n) is 3.20. The molecule has 1 N–H and O–H groups in total. The molecule has 1 aromatic carbocycles. The molecule has 3 rings (SSSR count). The van der Waals surface area contributed by atoms with Crippen LogP contribution in [0, 0.1) is 11.5 Å². The topological polar surface area (TPSA) is 103 Å². The molecule has 0 amide bonds. The van der Waals surface area contributed by atoms with Gasteiger partial charge < -0.3 is 9.67 Å². The summed E-state index contributed by atoms with van der Waals surface area (Å²) in [4.78, 5) is 23.6. The standard InChI is InChI=1S/C14H9N5O2/c1-19-10-5-3-2-4-8(10)12(20)11(13(19)21)9-6-16-14(18-9)17-7-15/h2-6,20H,1H3. The summed E-state index contributed by atoms with van der Waals surface area (Å²) in [5.74, 6) is -0.195. The smallest absolute Gasteiger partial charge is 0.264 e. The number of aryl methyl sites for hydroxylation is 1. The first-order valence-corrected chi connectivity index (χ1v) is 6.04. The number of guanidine groups is 1. The Morgan fingerprint density at radius 1 is 1.38 bits per heavy atom. The first-order valence-electron chi connectivity index (χ1n) is 6.04. The molecule has 2 heterocycles. The fourth-order valence-corrected chi connectivity index (χ4v) is 2.21. The zero-order valence-corrected chi connectivity index (χ0v) is 11.0. The average molecular weight is 279 g/mol. The van der Waals surface area contributed by atoms with Gasteiger partial charge in [0.2, 0.25) is 6.19 Å². The number of nitrogens with zero attached hydrogens (tertiary/aromatic N) is 5. The van der Waals surface area contributed by atoms with E-state index in [9.17, 15) is 9.90 Å². The quantitative estimate of drug-likeness (QED) is 0.786. The van der Waals surface area contributed by atoms with E-state index in [2.05, 4.69) is 15.0 Å². The first-order chi connectivity index (χ1) is 10.1. The van der Waals surface area contributed by atoms with Crippen molar-refractivity contribution in [2.24, 2.45) is 22.0 Å². The number of benzene rings is 1. The summed E-state index contributed by atoms with van der Waals surface area (Å²) in [6.07, 6.45) is 2.88. The van der Waals surface area contributed by atoms with E-state index in [1.165, 1.54) is 10.8 Å². The van der Waals surface area contributed by atoms with Gasteiger partial charge in [-0.05, 0) is 12.1 Å². The number of aliphatic imine (C=N–C) groups is 3. The molecule has 21 heavy (non-hydrogen) atoms. The van der Waals surface area contributed by atoms with Crippen LogP contribution in [0.1, 0.15) is 5.56 Å². The maximum atomic E-state index is 12.4. The summed E-state index contributed by atoms with van der Waals surface area (Å²) in [7, 11) is 1.62. The van der Waals surface area contributed by atoms with E-state index in [-0.39, 0.29) is 23.0 Å². The molecule has 0 radical (unpaired) electrons. The highest BCUT2D eigenvalue weighted by molar-refractivity contribution is 6.45. The van der Waals surface area contributed by atoms with E-state index in [0.29, 0.717) is 10.9 Å². The second-order valence-corrected chi connectivity index (χ2v) is 4.37. The molecular formula is C14H9N5O2. The summed E-state index contributed by atoms with van der Waals surface area (Å²) in [6, 6.07) is 7.01. The van der Waals surface area contributed by atoms with Crippen LogP contribution in [-0.2, 0) is 7.05 Å². The van der Waals surface area contributed by atoms with Crippen LogP contribution in [0.3, 0.4) is 0 Å². The molecule has 7 nitrogen and oxygen atoms in total. The Kier molecular flexibility index (Phi) is 2.84. The van der Waals surface area contributed by atoms with Gasteiger partial charge in [-0.2, -0.15) is 5.26 Å². The largest absolute Gasteiger partial charge is 0.506 e. The van der Waals surface area contributed by atoms with Crippen molar-refractivity contribution in [1.82, 2.24) is 4.57 Å². The van der Waals surface area contributed by atoms with Gasteiger partial charge in [-0.15, -0.1) is 4.99 Å². The van der Waals surface area contributed by atoms with Crippen LogP contribution >= 0.6 is 0 Å². The number of aromatic nitrogens is 1. The van der Waals surface area contributed by atoms with Crippen LogP contribution in [0.5, 0.6) is 5.75 Å². The number of nitriles is 1. The summed E-state index contributed by atoms with van der Waals surface area (Å²) in [5.41, 5.74) is 0.454. The molecule has 2 aromatic rings. The highest BCUT2D eigenvalue weighted by Gasteiger charge is 2.21. The zero-order chi connectivity index (χ0) is 15.0. The Balaban J connectivity index is 2.34. The van der Waals surface area contributed by atoms with Gasteiger partial charge in [0.15, 0.2) is 0 Å². The van der Waals surface area contributed by atoms with Crippen LogP contribution in [0.2, 0.25) is 0 Å². The number of rotatable bonds is 1. The molecule has 0 bridgehead atoms. The Bertz CT molecular complexity index is 944. The molecule has 0 saturated carbocycles. The number of hydrogen-bond acceptors (Lipinski definition) is 4. The van der Waals surface area contributed by atoms with Crippen molar-refractivity contribution in [3.63, 3.8) is 0 Å². The molecular weight excluding hydrogens is 270 g/mol. The molecule has 0 atom stereocenters. The molecule has 102 valence electrons. The fraction of sp³-hybridized carbons (Fsp3) is 0.0714. The number of fused-ring (bicyclic) bond motifs is 1. The van der Waals surface area contributed by atoms with Crippen LogP contribution in [0.4, 0.5) is 0 Å². The van der Waals surface area contributed by atoms with Gasteiger partial charge in [-0.1, -0.05) is 12.1 Å². The average Bonchev–Trinajstić information content (AvgIpc) is 2.94. The molecule has 0 aliphatic carbocycles. The fourth-order valence-electron chi connectivity index (χ4n) is 2.21. The van der Waals surface area contributed by atoms with Gasteiger partial charge in [-0.3, -0.25) is 4.79 Å². The number of pyridine rings is 1. The monoisotopic (exact) mass is 279 g/mol. The third kappa shape index (κ3) is 1.90. The van der Waals surface area contributed by atoms with Gasteiger partial charge in [0, 0.05) is 12.4 Å². The van der Waals surface area contributed by atoms with Crippen molar-refractivity contribution >= 4 is 28.8 Å². The summed E-state index contributed by atoms with van der Waals surface area (Å²) in [6.45, 7) is 0. The third-order valence-corrected chi connectivity index (χ3v) is 3.20. The van der Waals surface area contributed by atoms with E-state index < -0.39 is 5.56 Å². The Morgan fingerprint density at radius 2 is 2.14 bits per heavy atom. The lowest BCUT2D eigenvalue weighted by molar-refractivity contribution is 0.478. The molecule has 0 fully saturated rings. The van der Waals surface area contributed by atoms with E-state index in [1.54, 1.807) is 37.5 Å². The van der Waals surface area contributed by atoms with Crippen LogP contribution < -0.4 is 5.56 Å². The second-order valence-electron chi connectivity index (χ2n) is 4.37. The normalized spacial score (nSPS) is 15.4. The SMILES string of the molecule is Cn1c(=O)c(C2=NC(=NC#N)N=C2)c(O)c2ccccc21. The van der Waals surface area contributed by atoms with Gasteiger partial charge in [-0.25, -0.2) is 9.98 Å². The van der Waals surface area contributed by atoms with E-state index in [4.69, 9.17) is 5.26 Å². The lowest BCUT2D eigenvalue weighted by atomic mass is 10.1. The van der Waals surface area contributed by atoms with Crippen molar-refractivity contribution in [3.05, 3.63) is 40.2 Å². The second kappa shape index (κ2) is 4.68. The first kappa shape index (κ1) is 12.7. The summed E-state index contributed by atoms with van der Waals surface area (Å²) < 4.78 is 1.43. The Morgan fingerprint density at radius 3 is 2.90 bits per heavy atom. The summed E-state index contributed by atoms with van der Waals surface area (Å²) in [5, 5.41) is 19.4. The maximum absolute atomic E-state index is 12.4. The van der Waals surface area contributed by atoms with E-state index in [1.807, 2.05) is 0 Å². The van der Waals surface area contributed by atoms with Crippen molar-refractivity contribution < 1.29 is 5.11 Å². The Hall–Kier alpha value is -3.27. The predicted octanol–water partition coefficient (Wildman–Crippen LogP) is 0.955. The minimum atomic E-state index is -0.394. The highest BCUT2D eigenvalue weighted by Crippen LogP contribution is 2.26. The molecule has 0 saturated heterocycles. The van der Waals surface area contributed by atoms with Crippen molar-refractivity contribution in [1.29, 1.82) is 5.26 Å². The lowest BCUT2D eigenvalue weighted by Crippen LogP contribution is -2.25. The summed E-state index contributed by atoms with van der Waals surface area (Å²) >= 11 is 0. The molecule has 0 spiro atoms. The maximum Gasteiger partial charge on any atom is 0.264 e. The van der Waals surface area contributed by atoms with Crippen molar-refractivity contribution in [2.75, 3.05) is 0 Å². The zero-order valence-electron chi connectivity index (χ0n) is 11.0. The Labute approximate surface area is 118 Å². The minimum Gasteiger partial charge on any atom is -0.506 e.